The molecule has 0 aliphatic heterocycles. The maximum Gasteiger partial charge on any atom is 0.262 e. The Morgan fingerprint density at radius 2 is 1.87 bits per heavy atom. The van der Waals surface area contributed by atoms with Crippen molar-refractivity contribution in [2.75, 3.05) is 5.75 Å². The lowest BCUT2D eigenvalue weighted by atomic mass is 10.1. The zero-order chi connectivity index (χ0) is 20.7. The highest BCUT2D eigenvalue weighted by Crippen LogP contribution is 2.32. The smallest absolute Gasteiger partial charge is 0.262 e. The van der Waals surface area contributed by atoms with Crippen molar-refractivity contribution in [3.8, 4) is 10.4 Å². The van der Waals surface area contributed by atoms with Crippen LogP contribution in [0.3, 0.4) is 0 Å². The molecule has 0 saturated heterocycles. The number of thioether (sulfide) groups is 1. The molecular formula is C23H17N3O2S2. The monoisotopic (exact) mass is 431 g/mol. The van der Waals surface area contributed by atoms with E-state index >= 15 is 0 Å². The number of thiophene rings is 1. The maximum atomic E-state index is 12.9. The average molecular weight is 432 g/mol. The van der Waals surface area contributed by atoms with Gasteiger partial charge in [0.15, 0.2) is 10.9 Å². The normalized spacial score (nSPS) is 11.4. The third-order valence-corrected chi connectivity index (χ3v) is 7.12. The molecule has 5 rings (SSSR count). The Hall–Kier alpha value is -3.16. The highest BCUT2D eigenvalue weighted by molar-refractivity contribution is 7.99. The van der Waals surface area contributed by atoms with Gasteiger partial charge in [0.2, 0.25) is 0 Å². The van der Waals surface area contributed by atoms with E-state index in [0.717, 1.165) is 21.3 Å². The second-order valence-corrected chi connectivity index (χ2v) is 8.89. The second-order valence-electron chi connectivity index (χ2n) is 6.91. The third-order valence-electron chi connectivity index (χ3n) is 5.01. The molecule has 5 aromatic rings. The summed E-state index contributed by atoms with van der Waals surface area (Å²) < 4.78 is 1.52. The summed E-state index contributed by atoms with van der Waals surface area (Å²) in [7, 11) is 1.70. The molecule has 0 unspecified atom stereocenters. The number of benzene rings is 2. The van der Waals surface area contributed by atoms with Crippen molar-refractivity contribution < 1.29 is 4.79 Å². The summed E-state index contributed by atoms with van der Waals surface area (Å²) in [5.41, 5.74) is 2.56. The molecule has 0 aliphatic rings. The van der Waals surface area contributed by atoms with Crippen LogP contribution in [-0.2, 0) is 7.05 Å². The zero-order valence-electron chi connectivity index (χ0n) is 16.1. The zero-order valence-corrected chi connectivity index (χ0v) is 17.7. The van der Waals surface area contributed by atoms with Crippen molar-refractivity contribution in [1.29, 1.82) is 0 Å². The average Bonchev–Trinajstić information content (AvgIpc) is 3.40. The summed E-state index contributed by atoms with van der Waals surface area (Å²) in [4.78, 5) is 35.2. The van der Waals surface area contributed by atoms with Crippen molar-refractivity contribution in [3.05, 3.63) is 82.8 Å². The first-order valence-electron chi connectivity index (χ1n) is 9.40. The number of para-hydroxylation sites is 1. The summed E-state index contributed by atoms with van der Waals surface area (Å²) in [5.74, 6) is 0.216. The van der Waals surface area contributed by atoms with Crippen LogP contribution >= 0.6 is 23.1 Å². The van der Waals surface area contributed by atoms with E-state index in [1.54, 1.807) is 13.2 Å². The standard InChI is InChI=1S/C23H17N3O2S2/c1-26-22(28)16-11-20(14-7-3-2-4-8-14)30-21(16)25-23(26)29-13-19(27)17-12-24-18-10-6-5-9-15(17)18/h2-12,24H,13H2,1H3. The summed E-state index contributed by atoms with van der Waals surface area (Å²) in [6.45, 7) is 0. The van der Waals surface area contributed by atoms with Crippen LogP contribution in [0.4, 0.5) is 0 Å². The molecule has 2 aromatic carbocycles. The minimum atomic E-state index is -0.0968. The first-order chi connectivity index (χ1) is 14.6. The first kappa shape index (κ1) is 18.8. The van der Waals surface area contributed by atoms with Crippen LogP contribution in [0.2, 0.25) is 0 Å². The molecule has 0 amide bonds. The van der Waals surface area contributed by atoms with Crippen molar-refractivity contribution in [2.24, 2.45) is 7.05 Å². The predicted molar refractivity (Wildman–Crippen MR) is 124 cm³/mol. The highest BCUT2D eigenvalue weighted by atomic mass is 32.2. The van der Waals surface area contributed by atoms with Crippen LogP contribution in [0.1, 0.15) is 10.4 Å². The maximum absolute atomic E-state index is 12.9. The van der Waals surface area contributed by atoms with Gasteiger partial charge in [-0.3, -0.25) is 14.2 Å². The third kappa shape index (κ3) is 3.26. The molecule has 3 aromatic heterocycles. The Balaban J connectivity index is 1.45. The van der Waals surface area contributed by atoms with Crippen LogP contribution in [0.25, 0.3) is 31.6 Å². The van der Waals surface area contributed by atoms with E-state index < -0.39 is 0 Å². The molecule has 0 spiro atoms. The van der Waals surface area contributed by atoms with E-state index in [1.807, 2.05) is 60.7 Å². The molecule has 0 aliphatic carbocycles. The predicted octanol–water partition coefficient (Wildman–Crippen LogP) is 5.12. The number of hydrogen-bond donors (Lipinski definition) is 1. The number of H-pyrrole nitrogens is 1. The van der Waals surface area contributed by atoms with Crippen molar-refractivity contribution in [2.45, 2.75) is 5.16 Å². The van der Waals surface area contributed by atoms with Gasteiger partial charge in [0, 0.05) is 34.6 Å². The van der Waals surface area contributed by atoms with Gasteiger partial charge in [0.05, 0.1) is 11.1 Å². The van der Waals surface area contributed by atoms with E-state index in [0.29, 0.717) is 20.9 Å². The van der Waals surface area contributed by atoms with Gasteiger partial charge in [-0.15, -0.1) is 11.3 Å². The summed E-state index contributed by atoms with van der Waals surface area (Å²) in [6, 6.07) is 19.6. The van der Waals surface area contributed by atoms with Gasteiger partial charge in [-0.05, 0) is 17.7 Å². The van der Waals surface area contributed by atoms with Crippen LogP contribution in [0.15, 0.2) is 76.8 Å². The fourth-order valence-corrected chi connectivity index (χ4v) is 5.36. The van der Waals surface area contributed by atoms with Gasteiger partial charge < -0.3 is 4.98 Å². The molecule has 0 bridgehead atoms. The molecule has 0 fully saturated rings. The van der Waals surface area contributed by atoms with Crippen LogP contribution in [0.5, 0.6) is 0 Å². The summed E-state index contributed by atoms with van der Waals surface area (Å²) in [6.07, 6.45) is 1.74. The minimum Gasteiger partial charge on any atom is -0.360 e. The number of rotatable bonds is 5. The highest BCUT2D eigenvalue weighted by Gasteiger charge is 2.16. The molecule has 0 saturated carbocycles. The van der Waals surface area contributed by atoms with Gasteiger partial charge >= 0.3 is 0 Å². The number of fused-ring (bicyclic) bond motifs is 2. The number of aromatic amines is 1. The van der Waals surface area contributed by atoms with E-state index in [1.165, 1.54) is 27.7 Å². The lowest BCUT2D eigenvalue weighted by molar-refractivity contribution is 0.102. The van der Waals surface area contributed by atoms with Gasteiger partial charge in [0.25, 0.3) is 5.56 Å². The summed E-state index contributed by atoms with van der Waals surface area (Å²) in [5, 5.41) is 2.06. The van der Waals surface area contributed by atoms with Gasteiger partial charge in [-0.25, -0.2) is 4.98 Å². The fraction of sp³-hybridized carbons (Fsp3) is 0.0870. The van der Waals surface area contributed by atoms with Gasteiger partial charge in [0.1, 0.15) is 4.83 Å². The molecule has 3 heterocycles. The Morgan fingerprint density at radius 1 is 1.10 bits per heavy atom. The molecule has 0 atom stereocenters. The number of aromatic nitrogens is 3. The molecule has 148 valence electrons. The van der Waals surface area contributed by atoms with Crippen LogP contribution in [0, 0.1) is 0 Å². The Labute approximate surface area is 180 Å². The summed E-state index contributed by atoms with van der Waals surface area (Å²) >= 11 is 2.78. The first-order valence-corrected chi connectivity index (χ1v) is 11.2. The number of nitrogens with one attached hydrogen (secondary N) is 1. The second kappa shape index (κ2) is 7.59. The largest absolute Gasteiger partial charge is 0.360 e. The van der Waals surface area contributed by atoms with Crippen molar-refractivity contribution >= 4 is 50.0 Å². The van der Waals surface area contributed by atoms with Crippen LogP contribution in [-0.4, -0.2) is 26.1 Å². The van der Waals surface area contributed by atoms with Gasteiger partial charge in [-0.2, -0.15) is 0 Å². The minimum absolute atomic E-state index is 0.00273. The Kier molecular flexibility index (Phi) is 4.77. The van der Waals surface area contributed by atoms with Crippen molar-refractivity contribution in [1.82, 2.24) is 14.5 Å². The number of Topliss-reactive ketones (excluding diaryl/α,β-unsaturated/α-hetero) is 1. The molecular weight excluding hydrogens is 414 g/mol. The number of hydrogen-bond acceptors (Lipinski definition) is 5. The van der Waals surface area contributed by atoms with Gasteiger partial charge in [-0.1, -0.05) is 60.3 Å². The molecule has 0 radical (unpaired) electrons. The molecule has 1 N–H and O–H groups in total. The SMILES string of the molecule is Cn1c(SCC(=O)c2c[nH]c3ccccc23)nc2sc(-c3ccccc3)cc2c1=O. The van der Waals surface area contributed by atoms with E-state index in [9.17, 15) is 9.59 Å². The lowest BCUT2D eigenvalue weighted by Gasteiger charge is -2.06. The van der Waals surface area contributed by atoms with E-state index in [2.05, 4.69) is 9.97 Å². The number of nitrogens with zero attached hydrogens (tertiary/aromatic N) is 2. The Bertz CT molecular complexity index is 1450. The topological polar surface area (TPSA) is 67.8 Å². The molecule has 5 nitrogen and oxygen atoms in total. The number of ketones is 1. The molecule has 7 heteroatoms. The number of carbonyl (C=O) groups excluding carboxylic acids is 1. The van der Waals surface area contributed by atoms with E-state index in [-0.39, 0.29) is 17.1 Å². The molecule has 30 heavy (non-hydrogen) atoms. The van der Waals surface area contributed by atoms with Crippen LogP contribution < -0.4 is 5.56 Å². The fourth-order valence-electron chi connectivity index (χ4n) is 3.43. The Morgan fingerprint density at radius 3 is 2.70 bits per heavy atom. The quantitative estimate of drug-likeness (QED) is 0.238. The van der Waals surface area contributed by atoms with Crippen molar-refractivity contribution in [3.63, 3.8) is 0 Å². The van der Waals surface area contributed by atoms with E-state index in [4.69, 9.17) is 0 Å². The lowest BCUT2D eigenvalue weighted by Crippen LogP contribution is -2.19. The number of carbonyl (C=O) groups is 1.